The Bertz CT molecular complexity index is 985. The van der Waals surface area contributed by atoms with Crippen LogP contribution in [0.15, 0.2) is 53.1 Å². The molecule has 1 aliphatic heterocycles. The second-order valence-corrected chi connectivity index (χ2v) is 7.38. The molecule has 0 bridgehead atoms. The average Bonchev–Trinajstić information content (AvgIpc) is 3.26. The number of pyridine rings is 1. The quantitative estimate of drug-likeness (QED) is 0.676. The molecule has 4 rings (SSSR count). The van der Waals surface area contributed by atoms with Gasteiger partial charge in [0, 0.05) is 42.3 Å². The number of aromatic nitrogens is 3. The highest BCUT2D eigenvalue weighted by atomic mass is 79.9. The van der Waals surface area contributed by atoms with Gasteiger partial charge in [-0.25, -0.2) is 0 Å². The van der Waals surface area contributed by atoms with Gasteiger partial charge in [0.05, 0.1) is 5.92 Å². The number of carbonyl (C=O) groups excluding carboxylic acids is 2. The lowest BCUT2D eigenvalue weighted by Crippen LogP contribution is -2.34. The van der Waals surface area contributed by atoms with Crippen molar-refractivity contribution in [3.05, 3.63) is 59.0 Å². The number of hydrogen-bond donors (Lipinski definition) is 1. The summed E-state index contributed by atoms with van der Waals surface area (Å²) in [7, 11) is 0. The number of nitrogens with zero attached hydrogens (tertiary/aromatic N) is 4. The Kier molecular flexibility index (Phi) is 4.89. The first-order valence-electron chi connectivity index (χ1n) is 8.74. The first-order chi connectivity index (χ1) is 13.1. The minimum Gasteiger partial charge on any atom is -0.355 e. The Labute approximate surface area is 164 Å². The maximum absolute atomic E-state index is 12.5. The van der Waals surface area contributed by atoms with E-state index >= 15 is 0 Å². The SMILES string of the molecule is O=C(NCCc1nnc2ccccn12)[C@@H]1CC(=O)N(c2ccc(Br)cc2)C1. The van der Waals surface area contributed by atoms with Crippen LogP contribution in [0.4, 0.5) is 5.69 Å². The molecule has 1 saturated heterocycles. The van der Waals surface area contributed by atoms with Crippen LogP contribution in [0.25, 0.3) is 5.65 Å². The van der Waals surface area contributed by atoms with Gasteiger partial charge >= 0.3 is 0 Å². The van der Waals surface area contributed by atoms with E-state index in [1.807, 2.05) is 53.1 Å². The van der Waals surface area contributed by atoms with E-state index in [0.29, 0.717) is 19.5 Å². The van der Waals surface area contributed by atoms with Crippen LogP contribution >= 0.6 is 15.9 Å². The van der Waals surface area contributed by atoms with Crippen LogP contribution in [0, 0.1) is 5.92 Å². The predicted octanol–water partition coefficient (Wildman–Crippen LogP) is 2.20. The Hall–Kier alpha value is -2.74. The van der Waals surface area contributed by atoms with E-state index in [2.05, 4.69) is 31.4 Å². The van der Waals surface area contributed by atoms with E-state index in [1.54, 1.807) is 4.90 Å². The fraction of sp³-hybridized carbons (Fsp3) is 0.263. The molecule has 0 unspecified atom stereocenters. The molecular formula is C19H18BrN5O2. The minimum absolute atomic E-state index is 0.0269. The molecule has 0 spiro atoms. The third kappa shape index (κ3) is 3.71. The number of carbonyl (C=O) groups is 2. The van der Waals surface area contributed by atoms with E-state index in [0.717, 1.165) is 21.6 Å². The number of fused-ring (bicyclic) bond motifs is 1. The second kappa shape index (κ2) is 7.48. The summed E-state index contributed by atoms with van der Waals surface area (Å²) < 4.78 is 2.86. The summed E-state index contributed by atoms with van der Waals surface area (Å²) >= 11 is 3.39. The average molecular weight is 428 g/mol. The second-order valence-electron chi connectivity index (χ2n) is 6.47. The van der Waals surface area contributed by atoms with Crippen LogP contribution in [-0.4, -0.2) is 39.5 Å². The van der Waals surface area contributed by atoms with Gasteiger partial charge in [0.15, 0.2) is 5.65 Å². The van der Waals surface area contributed by atoms with Gasteiger partial charge in [-0.2, -0.15) is 0 Å². The number of nitrogens with one attached hydrogen (secondary N) is 1. The zero-order chi connectivity index (χ0) is 18.8. The molecule has 8 heteroatoms. The van der Waals surface area contributed by atoms with E-state index in [9.17, 15) is 9.59 Å². The molecule has 3 heterocycles. The number of benzene rings is 1. The van der Waals surface area contributed by atoms with Crippen LogP contribution in [-0.2, 0) is 16.0 Å². The lowest BCUT2D eigenvalue weighted by molar-refractivity contribution is -0.126. The van der Waals surface area contributed by atoms with Crippen molar-refractivity contribution in [3.8, 4) is 0 Å². The molecule has 0 aliphatic carbocycles. The number of hydrogen-bond acceptors (Lipinski definition) is 4. The highest BCUT2D eigenvalue weighted by Gasteiger charge is 2.34. The molecule has 1 aromatic carbocycles. The molecule has 27 heavy (non-hydrogen) atoms. The van der Waals surface area contributed by atoms with E-state index in [-0.39, 0.29) is 24.2 Å². The number of amides is 2. The summed E-state index contributed by atoms with van der Waals surface area (Å²) in [5.41, 5.74) is 1.60. The third-order valence-electron chi connectivity index (χ3n) is 4.67. The Morgan fingerprint density at radius 3 is 2.81 bits per heavy atom. The van der Waals surface area contributed by atoms with Crippen LogP contribution in [0.3, 0.4) is 0 Å². The lowest BCUT2D eigenvalue weighted by atomic mass is 10.1. The largest absolute Gasteiger partial charge is 0.355 e. The minimum atomic E-state index is -0.337. The van der Waals surface area contributed by atoms with Gasteiger partial charge in [0.25, 0.3) is 0 Å². The molecular weight excluding hydrogens is 410 g/mol. The van der Waals surface area contributed by atoms with E-state index in [1.165, 1.54) is 0 Å². The zero-order valence-corrected chi connectivity index (χ0v) is 16.1. The summed E-state index contributed by atoms with van der Waals surface area (Å²) in [5, 5.41) is 11.2. The summed E-state index contributed by atoms with van der Waals surface area (Å²) in [4.78, 5) is 26.4. The van der Waals surface area contributed by atoms with Crippen LogP contribution in [0.5, 0.6) is 0 Å². The normalized spacial score (nSPS) is 16.9. The van der Waals surface area contributed by atoms with Crippen molar-refractivity contribution in [2.45, 2.75) is 12.8 Å². The Morgan fingerprint density at radius 1 is 1.19 bits per heavy atom. The molecule has 1 fully saturated rings. The van der Waals surface area contributed by atoms with Crippen LogP contribution < -0.4 is 10.2 Å². The van der Waals surface area contributed by atoms with Gasteiger partial charge in [-0.3, -0.25) is 14.0 Å². The molecule has 7 nitrogen and oxygen atoms in total. The van der Waals surface area contributed by atoms with Gasteiger partial charge in [-0.1, -0.05) is 22.0 Å². The van der Waals surface area contributed by atoms with E-state index in [4.69, 9.17) is 0 Å². The molecule has 1 N–H and O–H groups in total. The van der Waals surface area contributed by atoms with Crippen LogP contribution in [0.2, 0.25) is 0 Å². The van der Waals surface area contributed by atoms with Gasteiger partial charge < -0.3 is 10.2 Å². The molecule has 138 valence electrons. The maximum Gasteiger partial charge on any atom is 0.227 e. The summed E-state index contributed by atoms with van der Waals surface area (Å²) in [5.74, 6) is 0.332. The molecule has 0 radical (unpaired) electrons. The zero-order valence-electron chi connectivity index (χ0n) is 14.5. The summed E-state index contributed by atoms with van der Waals surface area (Å²) in [6.07, 6.45) is 2.71. The molecule has 0 saturated carbocycles. The first-order valence-corrected chi connectivity index (χ1v) is 9.53. The highest BCUT2D eigenvalue weighted by Crippen LogP contribution is 2.26. The molecule has 2 amide bonds. The summed E-state index contributed by atoms with van der Waals surface area (Å²) in [6, 6.07) is 13.2. The number of halogens is 1. The number of rotatable bonds is 5. The fourth-order valence-electron chi connectivity index (χ4n) is 3.26. The van der Waals surface area contributed by atoms with Gasteiger partial charge in [0.1, 0.15) is 5.82 Å². The van der Waals surface area contributed by atoms with E-state index < -0.39 is 0 Å². The van der Waals surface area contributed by atoms with Gasteiger partial charge in [-0.05, 0) is 36.4 Å². The lowest BCUT2D eigenvalue weighted by Gasteiger charge is -2.16. The standard InChI is InChI=1S/C19H18BrN5O2/c20-14-4-6-15(7-5-14)25-12-13(11-18(25)26)19(27)21-9-8-17-23-22-16-3-1-2-10-24(16)17/h1-7,10,13H,8-9,11-12H2,(H,21,27)/t13-/m1/s1. The Morgan fingerprint density at radius 2 is 2.00 bits per heavy atom. The molecule has 3 aromatic rings. The smallest absolute Gasteiger partial charge is 0.227 e. The maximum atomic E-state index is 12.5. The monoisotopic (exact) mass is 427 g/mol. The predicted molar refractivity (Wildman–Crippen MR) is 104 cm³/mol. The van der Waals surface area contributed by atoms with Crippen molar-refractivity contribution in [3.63, 3.8) is 0 Å². The topological polar surface area (TPSA) is 79.6 Å². The van der Waals surface area contributed by atoms with Crippen molar-refractivity contribution < 1.29 is 9.59 Å². The van der Waals surface area contributed by atoms with Gasteiger partial charge in [-0.15, -0.1) is 10.2 Å². The van der Waals surface area contributed by atoms with Crippen molar-refractivity contribution in [1.29, 1.82) is 0 Å². The van der Waals surface area contributed by atoms with Gasteiger partial charge in [0.2, 0.25) is 11.8 Å². The fourth-order valence-corrected chi connectivity index (χ4v) is 3.52. The van der Waals surface area contributed by atoms with Crippen LogP contribution in [0.1, 0.15) is 12.2 Å². The van der Waals surface area contributed by atoms with Crippen molar-refractivity contribution in [1.82, 2.24) is 19.9 Å². The van der Waals surface area contributed by atoms with Crippen molar-refractivity contribution in [2.24, 2.45) is 5.92 Å². The molecule has 2 aromatic heterocycles. The van der Waals surface area contributed by atoms with Crippen molar-refractivity contribution >= 4 is 39.1 Å². The van der Waals surface area contributed by atoms with Crippen molar-refractivity contribution in [2.75, 3.05) is 18.0 Å². The molecule has 1 aliphatic rings. The molecule has 1 atom stereocenters. The Balaban J connectivity index is 1.33. The third-order valence-corrected chi connectivity index (χ3v) is 5.19. The first kappa shape index (κ1) is 17.7. The highest BCUT2D eigenvalue weighted by molar-refractivity contribution is 9.10. The number of anilines is 1. The summed E-state index contributed by atoms with van der Waals surface area (Å²) in [6.45, 7) is 0.859.